The Bertz CT molecular complexity index is 1720. The molecule has 3 heterocycles. The largest absolute Gasteiger partial charge is 0.397 e. The zero-order chi connectivity index (χ0) is 30.1. The molecule has 0 radical (unpaired) electrons. The summed E-state index contributed by atoms with van der Waals surface area (Å²) >= 11 is 5.82. The molecule has 3 aromatic carbocycles. The molecule has 3 N–H and O–H groups in total. The Hall–Kier alpha value is -4.96. The van der Waals surface area contributed by atoms with Gasteiger partial charge in [0.25, 0.3) is 11.8 Å². The standard InChI is InChI=1S/C32H28ClFN6O3/c33-23-11-9-21(25(34)17-23)10-12-29(41)38-15-13-28-24(19-38)31(43)40(32-36-14-16-39(28)32)18-20-5-7-22(8-6-20)30(42)37-27-4-2-1-3-26(27)35/h1-12,17H,13-16,18-19,35H2,(H,37,42)/b12-10+. The zero-order valence-electron chi connectivity index (χ0n) is 23.1. The summed E-state index contributed by atoms with van der Waals surface area (Å²) in [7, 11) is 0. The highest BCUT2D eigenvalue weighted by molar-refractivity contribution is 6.30. The van der Waals surface area contributed by atoms with Crippen LogP contribution in [0.1, 0.15) is 27.9 Å². The number of amides is 3. The Morgan fingerprint density at radius 2 is 1.86 bits per heavy atom. The Kier molecular flexibility index (Phi) is 7.69. The van der Waals surface area contributed by atoms with Gasteiger partial charge in [-0.3, -0.25) is 24.3 Å². The van der Waals surface area contributed by atoms with Gasteiger partial charge in [0.1, 0.15) is 5.82 Å². The molecule has 0 unspecified atom stereocenters. The highest BCUT2D eigenvalue weighted by atomic mass is 35.5. The van der Waals surface area contributed by atoms with Gasteiger partial charge in [0, 0.05) is 47.4 Å². The molecule has 0 spiro atoms. The fourth-order valence-corrected chi connectivity index (χ4v) is 5.56. The van der Waals surface area contributed by atoms with Crippen molar-refractivity contribution in [2.45, 2.75) is 13.0 Å². The van der Waals surface area contributed by atoms with Crippen molar-refractivity contribution in [3.63, 3.8) is 0 Å². The fourth-order valence-electron chi connectivity index (χ4n) is 5.40. The number of nitrogens with zero attached hydrogens (tertiary/aromatic N) is 4. The van der Waals surface area contributed by atoms with E-state index in [9.17, 15) is 18.8 Å². The number of halogens is 2. The Morgan fingerprint density at radius 3 is 2.63 bits per heavy atom. The lowest BCUT2D eigenvalue weighted by Crippen LogP contribution is -2.54. The van der Waals surface area contributed by atoms with Crippen LogP contribution in [-0.2, 0) is 16.1 Å². The molecule has 9 nitrogen and oxygen atoms in total. The molecule has 0 aromatic heterocycles. The fraction of sp³-hybridized carbons (Fsp3) is 0.188. The maximum atomic E-state index is 14.2. The number of para-hydroxylation sites is 2. The maximum absolute atomic E-state index is 14.2. The first kappa shape index (κ1) is 28.2. The number of anilines is 2. The van der Waals surface area contributed by atoms with Crippen LogP contribution in [-0.4, -0.2) is 64.6 Å². The molecule has 0 atom stereocenters. The van der Waals surface area contributed by atoms with Gasteiger partial charge >= 0.3 is 0 Å². The third-order valence-corrected chi connectivity index (χ3v) is 7.89. The molecule has 218 valence electrons. The third-order valence-electron chi connectivity index (χ3n) is 7.65. The second-order valence-corrected chi connectivity index (χ2v) is 10.8. The number of nitrogens with one attached hydrogen (secondary N) is 1. The minimum atomic E-state index is -0.520. The average Bonchev–Trinajstić information content (AvgIpc) is 3.50. The van der Waals surface area contributed by atoms with Crippen molar-refractivity contribution in [1.82, 2.24) is 14.7 Å². The van der Waals surface area contributed by atoms with E-state index in [4.69, 9.17) is 17.3 Å². The first-order valence-corrected chi connectivity index (χ1v) is 14.2. The van der Waals surface area contributed by atoms with E-state index in [2.05, 4.69) is 15.2 Å². The number of rotatable bonds is 6. The van der Waals surface area contributed by atoms with E-state index in [0.717, 1.165) is 11.3 Å². The van der Waals surface area contributed by atoms with Gasteiger partial charge in [0.05, 0.1) is 36.6 Å². The van der Waals surface area contributed by atoms with Crippen molar-refractivity contribution in [2.24, 2.45) is 4.99 Å². The Labute approximate surface area is 252 Å². The molecular weight excluding hydrogens is 571 g/mol. The van der Waals surface area contributed by atoms with E-state index >= 15 is 0 Å². The van der Waals surface area contributed by atoms with Gasteiger partial charge in [-0.25, -0.2) is 4.39 Å². The Morgan fingerprint density at radius 1 is 1.07 bits per heavy atom. The van der Waals surface area contributed by atoms with E-state index in [0.29, 0.717) is 54.5 Å². The average molecular weight is 599 g/mol. The molecule has 3 aromatic rings. The second kappa shape index (κ2) is 11.7. The minimum absolute atomic E-state index is 0.141. The summed E-state index contributed by atoms with van der Waals surface area (Å²) in [6, 6.07) is 18.3. The predicted octanol–water partition coefficient (Wildman–Crippen LogP) is 4.53. The molecule has 0 bridgehead atoms. The van der Waals surface area contributed by atoms with Crippen LogP contribution in [0, 0.1) is 5.82 Å². The molecule has 0 fully saturated rings. The van der Waals surface area contributed by atoms with Gasteiger partial charge in [0.15, 0.2) is 0 Å². The molecular formula is C32H28ClFN6O3. The zero-order valence-corrected chi connectivity index (χ0v) is 23.9. The number of hydrogen-bond acceptors (Lipinski definition) is 6. The van der Waals surface area contributed by atoms with Crippen molar-refractivity contribution in [2.75, 3.05) is 37.2 Å². The molecule has 0 saturated heterocycles. The second-order valence-electron chi connectivity index (χ2n) is 10.4. The highest BCUT2D eigenvalue weighted by Gasteiger charge is 2.41. The summed E-state index contributed by atoms with van der Waals surface area (Å²) in [4.78, 5) is 49.5. The highest BCUT2D eigenvalue weighted by Crippen LogP contribution is 2.32. The number of aliphatic imine (C=N–C) groups is 1. The number of guanidine groups is 1. The van der Waals surface area contributed by atoms with Crippen LogP contribution in [0.2, 0.25) is 5.02 Å². The molecule has 0 aliphatic carbocycles. The van der Waals surface area contributed by atoms with Crippen LogP contribution in [0.3, 0.4) is 0 Å². The van der Waals surface area contributed by atoms with Crippen LogP contribution in [0.15, 0.2) is 89.1 Å². The van der Waals surface area contributed by atoms with E-state index in [1.54, 1.807) is 64.4 Å². The van der Waals surface area contributed by atoms with Crippen LogP contribution in [0.4, 0.5) is 15.8 Å². The van der Waals surface area contributed by atoms with E-state index in [-0.39, 0.29) is 41.4 Å². The summed E-state index contributed by atoms with van der Waals surface area (Å²) < 4.78 is 14.2. The topological polar surface area (TPSA) is 111 Å². The van der Waals surface area contributed by atoms with Crippen LogP contribution in [0.5, 0.6) is 0 Å². The Balaban J connectivity index is 1.16. The summed E-state index contributed by atoms with van der Waals surface area (Å²) in [5.41, 5.74) is 9.90. The van der Waals surface area contributed by atoms with Gasteiger partial charge in [-0.05, 0) is 48.0 Å². The number of benzene rings is 3. The monoisotopic (exact) mass is 598 g/mol. The van der Waals surface area contributed by atoms with Gasteiger partial charge in [-0.2, -0.15) is 0 Å². The number of hydrogen-bond donors (Lipinski definition) is 2. The minimum Gasteiger partial charge on any atom is -0.397 e. The lowest BCUT2D eigenvalue weighted by atomic mass is 10.00. The molecule has 6 rings (SSSR count). The van der Waals surface area contributed by atoms with Crippen molar-refractivity contribution in [3.8, 4) is 0 Å². The van der Waals surface area contributed by atoms with Gasteiger partial charge < -0.3 is 20.9 Å². The number of carbonyl (C=O) groups excluding carboxylic acids is 3. The predicted molar refractivity (Wildman–Crippen MR) is 163 cm³/mol. The number of fused-ring (bicyclic) bond motifs is 2. The number of nitrogens with two attached hydrogens (primary N) is 1. The maximum Gasteiger partial charge on any atom is 0.260 e. The first-order chi connectivity index (χ1) is 20.8. The third kappa shape index (κ3) is 5.74. The van der Waals surface area contributed by atoms with Gasteiger partial charge in [0.2, 0.25) is 11.9 Å². The van der Waals surface area contributed by atoms with Crippen LogP contribution >= 0.6 is 11.6 Å². The number of nitrogen functional groups attached to an aromatic ring is 1. The van der Waals surface area contributed by atoms with E-state index in [1.165, 1.54) is 24.3 Å². The molecule has 0 saturated carbocycles. The SMILES string of the molecule is Nc1ccccc1NC(=O)c1ccc(CN2C(=O)C3=C(CCN(C(=O)/C=C/c4ccc(Cl)cc4F)C3)N3CCN=C23)cc1. The smallest absolute Gasteiger partial charge is 0.260 e. The summed E-state index contributed by atoms with van der Waals surface area (Å²) in [5, 5.41) is 3.09. The van der Waals surface area contributed by atoms with Crippen molar-refractivity contribution in [3.05, 3.63) is 112 Å². The quantitative estimate of drug-likeness (QED) is 0.320. The van der Waals surface area contributed by atoms with Gasteiger partial charge in [-0.15, -0.1) is 0 Å². The lowest BCUT2D eigenvalue weighted by molar-refractivity contribution is -0.128. The summed E-state index contributed by atoms with van der Waals surface area (Å²) in [6.45, 7) is 2.05. The molecule has 3 aliphatic heterocycles. The normalized spacial score (nSPS) is 16.4. The van der Waals surface area contributed by atoms with Crippen LogP contribution < -0.4 is 11.1 Å². The summed E-state index contributed by atoms with van der Waals surface area (Å²) in [5.74, 6) is -0.734. The van der Waals surface area contributed by atoms with E-state index < -0.39 is 5.82 Å². The van der Waals surface area contributed by atoms with Crippen molar-refractivity contribution in [1.29, 1.82) is 0 Å². The van der Waals surface area contributed by atoms with Gasteiger partial charge in [-0.1, -0.05) is 41.9 Å². The lowest BCUT2D eigenvalue weighted by Gasteiger charge is -2.41. The summed E-state index contributed by atoms with van der Waals surface area (Å²) in [6.07, 6.45) is 3.24. The van der Waals surface area contributed by atoms with Crippen molar-refractivity contribution >= 4 is 52.7 Å². The first-order valence-electron chi connectivity index (χ1n) is 13.8. The van der Waals surface area contributed by atoms with E-state index in [1.807, 2.05) is 0 Å². The number of carbonyl (C=O) groups is 3. The van der Waals surface area contributed by atoms with Crippen LogP contribution in [0.25, 0.3) is 6.08 Å². The molecule has 11 heteroatoms. The molecule has 3 amide bonds. The molecule has 43 heavy (non-hydrogen) atoms. The van der Waals surface area contributed by atoms with Crippen molar-refractivity contribution < 1.29 is 18.8 Å². The molecule has 3 aliphatic rings.